The van der Waals surface area contributed by atoms with E-state index in [1.807, 2.05) is 6.26 Å². The molecule has 2 unspecified atom stereocenters. The van der Waals surface area contributed by atoms with Crippen LogP contribution in [0.1, 0.15) is 20.3 Å². The van der Waals surface area contributed by atoms with Gasteiger partial charge >= 0.3 is 0 Å². The van der Waals surface area contributed by atoms with Crippen LogP contribution in [0.25, 0.3) is 0 Å². The van der Waals surface area contributed by atoms with Crippen molar-refractivity contribution in [2.24, 2.45) is 11.8 Å². The number of hydrogen-bond acceptors (Lipinski definition) is 1. The Bertz CT molecular complexity index is 271. The third-order valence-corrected chi connectivity index (χ3v) is 2.47. The molecule has 2 atom stereocenters. The lowest BCUT2D eigenvalue weighted by atomic mass is 9.91. The average molecular weight is 176 g/mol. The monoisotopic (exact) mass is 176 g/mol. The topological polar surface area (TPSA) is 9.23 Å². The zero-order chi connectivity index (χ0) is 9.26. The van der Waals surface area contributed by atoms with Gasteiger partial charge in [0.15, 0.2) is 0 Å². The van der Waals surface area contributed by atoms with Crippen LogP contribution in [0.4, 0.5) is 0 Å². The summed E-state index contributed by atoms with van der Waals surface area (Å²) < 4.78 is 5.40. The summed E-state index contributed by atoms with van der Waals surface area (Å²) in [5, 5.41) is 0. The van der Waals surface area contributed by atoms with Crippen molar-refractivity contribution in [2.45, 2.75) is 26.4 Å². The van der Waals surface area contributed by atoms with Crippen molar-refractivity contribution >= 4 is 0 Å². The number of rotatable bonds is 2. The zero-order valence-electron chi connectivity index (χ0n) is 8.23. The van der Waals surface area contributed by atoms with E-state index in [1.165, 1.54) is 12.0 Å². The van der Waals surface area contributed by atoms with Gasteiger partial charge in [-0.25, -0.2) is 0 Å². The number of hydrogen-bond donors (Lipinski definition) is 0. The Morgan fingerprint density at radius 3 is 3.00 bits per heavy atom. The molecule has 0 bridgehead atoms. The summed E-state index contributed by atoms with van der Waals surface area (Å²) in [5.41, 5.74) is 1.45. The minimum Gasteiger partial charge on any atom is -0.493 e. The van der Waals surface area contributed by atoms with Crippen LogP contribution in [0.2, 0.25) is 0 Å². The summed E-state index contributed by atoms with van der Waals surface area (Å²) in [4.78, 5) is 0. The van der Waals surface area contributed by atoms with Gasteiger partial charge in [-0.05, 0) is 24.5 Å². The lowest BCUT2D eigenvalue weighted by Crippen LogP contribution is -2.15. The lowest BCUT2D eigenvalue weighted by Gasteiger charge is -2.18. The van der Waals surface area contributed by atoms with E-state index >= 15 is 0 Å². The molecular weight excluding hydrogens is 160 g/mol. The Hall–Kier alpha value is -0.980. The van der Waals surface area contributed by atoms with Crippen molar-refractivity contribution in [1.82, 2.24) is 0 Å². The van der Waals surface area contributed by atoms with Crippen LogP contribution in [0, 0.1) is 11.8 Å². The van der Waals surface area contributed by atoms with E-state index in [4.69, 9.17) is 4.74 Å². The molecule has 1 nitrogen and oxygen atoms in total. The van der Waals surface area contributed by atoms with Crippen LogP contribution in [0.3, 0.4) is 0 Å². The molecule has 0 aromatic carbocycles. The fourth-order valence-corrected chi connectivity index (χ4v) is 1.88. The van der Waals surface area contributed by atoms with Crippen molar-refractivity contribution < 1.29 is 4.74 Å². The zero-order valence-corrected chi connectivity index (χ0v) is 8.23. The van der Waals surface area contributed by atoms with Crippen LogP contribution >= 0.6 is 0 Å². The van der Waals surface area contributed by atoms with Gasteiger partial charge in [-0.2, -0.15) is 0 Å². The van der Waals surface area contributed by atoms with Gasteiger partial charge in [0.2, 0.25) is 0 Å². The summed E-state index contributed by atoms with van der Waals surface area (Å²) in [6, 6.07) is 0. The standard InChI is InChI=1S/C12H16O/c1-9(2)7-10-3-4-12-11(8-10)5-6-13-12/h3-6,8-9,11-12H,7H2,1-2H3. The highest BCUT2D eigenvalue weighted by molar-refractivity contribution is 5.30. The van der Waals surface area contributed by atoms with Crippen molar-refractivity contribution in [3.63, 3.8) is 0 Å². The number of allylic oxidation sites excluding steroid dienone is 2. The highest BCUT2D eigenvalue weighted by Gasteiger charge is 2.23. The maximum Gasteiger partial charge on any atom is 0.126 e. The summed E-state index contributed by atoms with van der Waals surface area (Å²) in [6.45, 7) is 4.50. The van der Waals surface area contributed by atoms with Crippen LogP contribution in [0.5, 0.6) is 0 Å². The van der Waals surface area contributed by atoms with E-state index in [-0.39, 0.29) is 6.10 Å². The molecule has 0 spiro atoms. The van der Waals surface area contributed by atoms with E-state index in [0.717, 1.165) is 5.92 Å². The molecule has 0 amide bonds. The van der Waals surface area contributed by atoms with Gasteiger partial charge in [0, 0.05) is 5.92 Å². The molecule has 1 aliphatic heterocycles. The molecule has 2 rings (SSSR count). The van der Waals surface area contributed by atoms with Crippen molar-refractivity contribution in [3.05, 3.63) is 36.1 Å². The largest absolute Gasteiger partial charge is 0.493 e. The van der Waals surface area contributed by atoms with Gasteiger partial charge in [0.25, 0.3) is 0 Å². The molecule has 0 N–H and O–H groups in total. The van der Waals surface area contributed by atoms with Crippen molar-refractivity contribution in [3.8, 4) is 0 Å². The first-order valence-electron chi connectivity index (χ1n) is 4.97. The third kappa shape index (κ3) is 1.85. The molecule has 0 saturated heterocycles. The predicted molar refractivity (Wildman–Crippen MR) is 54.2 cm³/mol. The lowest BCUT2D eigenvalue weighted by molar-refractivity contribution is 0.191. The molecule has 0 aromatic heterocycles. The molecule has 1 aliphatic carbocycles. The second-order valence-corrected chi connectivity index (χ2v) is 4.21. The average Bonchev–Trinajstić information content (AvgIpc) is 2.49. The third-order valence-electron chi connectivity index (χ3n) is 2.47. The molecule has 1 heteroatoms. The highest BCUT2D eigenvalue weighted by atomic mass is 16.5. The van der Waals surface area contributed by atoms with E-state index < -0.39 is 0 Å². The normalized spacial score (nSPS) is 30.2. The first kappa shape index (κ1) is 8.61. The summed E-state index contributed by atoms with van der Waals surface area (Å²) in [5.74, 6) is 1.22. The Balaban J connectivity index is 2.06. The van der Waals surface area contributed by atoms with Crippen LogP contribution in [-0.4, -0.2) is 6.10 Å². The van der Waals surface area contributed by atoms with E-state index in [0.29, 0.717) is 5.92 Å². The quantitative estimate of drug-likeness (QED) is 0.628. The van der Waals surface area contributed by atoms with E-state index in [9.17, 15) is 0 Å². The molecule has 1 heterocycles. The summed E-state index contributed by atoms with van der Waals surface area (Å²) in [7, 11) is 0. The van der Waals surface area contributed by atoms with Gasteiger partial charge < -0.3 is 4.74 Å². The molecule has 2 aliphatic rings. The fourth-order valence-electron chi connectivity index (χ4n) is 1.88. The molecule has 0 fully saturated rings. The maximum absolute atomic E-state index is 5.40. The number of ether oxygens (including phenoxy) is 1. The molecule has 0 radical (unpaired) electrons. The van der Waals surface area contributed by atoms with Crippen molar-refractivity contribution in [2.75, 3.05) is 0 Å². The smallest absolute Gasteiger partial charge is 0.126 e. The minimum absolute atomic E-state index is 0.274. The molecule has 0 aromatic rings. The Kier molecular flexibility index (Phi) is 2.26. The Morgan fingerprint density at radius 1 is 1.38 bits per heavy atom. The molecule has 70 valence electrons. The van der Waals surface area contributed by atoms with Gasteiger partial charge in [-0.15, -0.1) is 0 Å². The van der Waals surface area contributed by atoms with Gasteiger partial charge in [-0.1, -0.05) is 31.6 Å². The van der Waals surface area contributed by atoms with E-state index in [2.05, 4.69) is 38.2 Å². The first-order chi connectivity index (χ1) is 6.25. The summed E-state index contributed by atoms with van der Waals surface area (Å²) in [6.07, 6.45) is 12.1. The second-order valence-electron chi connectivity index (χ2n) is 4.21. The first-order valence-corrected chi connectivity index (χ1v) is 4.97. The number of fused-ring (bicyclic) bond motifs is 1. The maximum atomic E-state index is 5.40. The SMILES string of the molecule is CC(C)CC1=CC2C=COC2C=C1. The Labute approximate surface area is 79.8 Å². The Morgan fingerprint density at radius 2 is 2.23 bits per heavy atom. The van der Waals surface area contributed by atoms with Crippen LogP contribution < -0.4 is 0 Å². The van der Waals surface area contributed by atoms with Crippen LogP contribution in [-0.2, 0) is 4.74 Å². The van der Waals surface area contributed by atoms with Gasteiger partial charge in [-0.3, -0.25) is 0 Å². The summed E-state index contributed by atoms with van der Waals surface area (Å²) >= 11 is 0. The van der Waals surface area contributed by atoms with E-state index in [1.54, 1.807) is 0 Å². The predicted octanol–water partition coefficient (Wildman–Crippen LogP) is 3.06. The molecule has 0 saturated carbocycles. The minimum atomic E-state index is 0.274. The second kappa shape index (κ2) is 3.41. The molecule has 13 heavy (non-hydrogen) atoms. The molecular formula is C12H16O. The van der Waals surface area contributed by atoms with Gasteiger partial charge in [0.1, 0.15) is 6.10 Å². The van der Waals surface area contributed by atoms with Gasteiger partial charge in [0.05, 0.1) is 6.26 Å². The fraction of sp³-hybridized carbons (Fsp3) is 0.500. The van der Waals surface area contributed by atoms with Crippen LogP contribution in [0.15, 0.2) is 36.1 Å². The highest BCUT2D eigenvalue weighted by Crippen LogP contribution is 2.28. The van der Waals surface area contributed by atoms with Crippen molar-refractivity contribution in [1.29, 1.82) is 0 Å².